The van der Waals surface area contributed by atoms with Gasteiger partial charge in [0.25, 0.3) is 6.04 Å². The molecule has 2 rings (SSSR count). The molecule has 2 nitrogen and oxygen atoms in total. The topological polar surface area (TPSA) is 8.72 Å². The zero-order valence-corrected chi connectivity index (χ0v) is 14.3. The minimum atomic E-state index is -0.388. The van der Waals surface area contributed by atoms with Gasteiger partial charge in [-0.15, -0.1) is 0 Å². The van der Waals surface area contributed by atoms with E-state index in [1.165, 1.54) is 0 Å². The van der Waals surface area contributed by atoms with Gasteiger partial charge in [0.2, 0.25) is 0 Å². The molecular formula is C15H10N2Pt2. The largest absolute Gasteiger partial charge is 0.305 e. The third kappa shape index (κ3) is 4.14. The van der Waals surface area contributed by atoms with Crippen molar-refractivity contribution in [2.45, 2.75) is 6.04 Å². The molecule has 0 radical (unpaired) electrons. The van der Waals surface area contributed by atoms with Gasteiger partial charge in [0.05, 0.1) is 6.57 Å². The van der Waals surface area contributed by atoms with E-state index >= 15 is 0 Å². The second-order valence-corrected chi connectivity index (χ2v) is 3.61. The maximum absolute atomic E-state index is 7.33. The molecule has 4 heteroatoms. The van der Waals surface area contributed by atoms with Crippen LogP contribution in [0.15, 0.2) is 54.6 Å². The van der Waals surface area contributed by atoms with Crippen LogP contribution >= 0.6 is 0 Å². The Hall–Kier alpha value is -1.20. The van der Waals surface area contributed by atoms with Crippen molar-refractivity contribution >= 4 is 5.69 Å². The number of benzene rings is 2. The first-order chi connectivity index (χ1) is 8.36. The van der Waals surface area contributed by atoms with Crippen LogP contribution in [0.1, 0.15) is 17.2 Å². The van der Waals surface area contributed by atoms with Gasteiger partial charge >= 0.3 is 0 Å². The molecule has 0 bridgehead atoms. The number of nitrogens with zero attached hydrogens (tertiary/aromatic N) is 2. The zero-order chi connectivity index (χ0) is 12.1. The molecular weight excluding hydrogens is 598 g/mol. The molecule has 0 aliphatic heterocycles. The van der Waals surface area contributed by atoms with E-state index in [1.807, 2.05) is 48.5 Å². The van der Waals surface area contributed by atoms with E-state index in [2.05, 4.69) is 9.69 Å². The number of para-hydroxylation sites is 1. The average Bonchev–Trinajstić information content (AvgIpc) is 2.41. The first-order valence-electron chi connectivity index (χ1n) is 5.24. The van der Waals surface area contributed by atoms with Crippen molar-refractivity contribution < 1.29 is 42.1 Å². The monoisotopic (exact) mass is 608 g/mol. The molecule has 0 aromatic heterocycles. The normalized spacial score (nSPS) is 10.0. The Balaban J connectivity index is 0.00000162. The van der Waals surface area contributed by atoms with Crippen molar-refractivity contribution in [3.8, 4) is 0 Å². The predicted octanol–water partition coefficient (Wildman–Crippen LogP) is 4.24. The molecule has 0 saturated carbocycles. The molecule has 19 heavy (non-hydrogen) atoms. The molecule has 0 heterocycles. The number of hydrogen-bond donors (Lipinski definition) is 0. The van der Waals surface area contributed by atoms with Crippen LogP contribution in [-0.2, 0) is 42.1 Å². The van der Waals surface area contributed by atoms with Crippen LogP contribution in [0.25, 0.3) is 9.69 Å². The van der Waals surface area contributed by atoms with Gasteiger partial charge < -0.3 is 4.85 Å². The smallest absolute Gasteiger partial charge is 0.265 e. The number of hydrogen-bond acceptors (Lipinski definition) is 0. The van der Waals surface area contributed by atoms with E-state index in [4.69, 9.17) is 13.1 Å². The van der Waals surface area contributed by atoms with E-state index in [0.29, 0.717) is 5.69 Å². The van der Waals surface area contributed by atoms with Gasteiger partial charge in [-0.2, -0.15) is 0 Å². The van der Waals surface area contributed by atoms with E-state index in [-0.39, 0.29) is 48.2 Å². The molecule has 0 fully saturated rings. The molecule has 1 unspecified atom stereocenters. The summed E-state index contributed by atoms with van der Waals surface area (Å²) in [7, 11) is 0. The van der Waals surface area contributed by atoms with Crippen molar-refractivity contribution in [1.82, 2.24) is 0 Å². The Labute approximate surface area is 142 Å². The Kier molecular flexibility index (Phi) is 8.26. The van der Waals surface area contributed by atoms with Gasteiger partial charge in [-0.1, -0.05) is 54.6 Å². The second-order valence-electron chi connectivity index (χ2n) is 3.61. The van der Waals surface area contributed by atoms with Crippen LogP contribution in [0, 0.1) is 13.1 Å². The van der Waals surface area contributed by atoms with Crippen molar-refractivity contribution in [2.75, 3.05) is 0 Å². The minimum Gasteiger partial charge on any atom is -0.305 e. The Morgan fingerprint density at radius 1 is 0.789 bits per heavy atom. The molecule has 0 saturated heterocycles. The summed E-state index contributed by atoms with van der Waals surface area (Å²) < 4.78 is 0. The van der Waals surface area contributed by atoms with Gasteiger partial charge in [-0.05, 0) is 0 Å². The summed E-state index contributed by atoms with van der Waals surface area (Å²) in [6, 6.07) is 16.5. The van der Waals surface area contributed by atoms with Crippen molar-refractivity contribution in [3.63, 3.8) is 0 Å². The second kappa shape index (κ2) is 8.82. The van der Waals surface area contributed by atoms with Crippen LogP contribution in [0.5, 0.6) is 0 Å². The van der Waals surface area contributed by atoms with Gasteiger partial charge in [0, 0.05) is 53.3 Å². The van der Waals surface area contributed by atoms with E-state index in [0.717, 1.165) is 11.1 Å². The molecule has 0 spiro atoms. The fourth-order valence-corrected chi connectivity index (χ4v) is 1.78. The maximum atomic E-state index is 7.33. The molecule has 2 aromatic rings. The SMILES string of the molecule is [C-]#[N+]c1ccccc1C([N+]#[C-])c1ccccc1.[Pt].[Pt]. The Morgan fingerprint density at radius 2 is 1.37 bits per heavy atom. The van der Waals surface area contributed by atoms with Crippen LogP contribution in [-0.4, -0.2) is 0 Å². The molecule has 100 valence electrons. The summed E-state index contributed by atoms with van der Waals surface area (Å²) in [5.41, 5.74) is 2.26. The van der Waals surface area contributed by atoms with Crippen molar-refractivity contribution in [3.05, 3.63) is 88.6 Å². The molecule has 0 N–H and O–H groups in total. The quantitative estimate of drug-likeness (QED) is 0.452. The fraction of sp³-hybridized carbons (Fsp3) is 0.0667. The third-order valence-corrected chi connectivity index (χ3v) is 2.60. The Bertz CT molecular complexity index is 598. The standard InChI is InChI=1S/C15H10N2.2Pt/c1-16-14-11-7-6-10-13(14)15(17-2)12-8-4-3-5-9-12;;/h3-11,15H;;. The molecule has 1 atom stereocenters. The average molecular weight is 608 g/mol. The van der Waals surface area contributed by atoms with Crippen LogP contribution < -0.4 is 0 Å². The maximum Gasteiger partial charge on any atom is 0.265 e. The number of rotatable bonds is 2. The van der Waals surface area contributed by atoms with Crippen LogP contribution in [0.4, 0.5) is 5.69 Å². The molecule has 2 aromatic carbocycles. The van der Waals surface area contributed by atoms with Gasteiger partial charge in [0.1, 0.15) is 0 Å². The van der Waals surface area contributed by atoms with Crippen LogP contribution in [0.3, 0.4) is 0 Å². The molecule has 0 amide bonds. The Morgan fingerprint density at radius 3 is 1.95 bits per heavy atom. The summed E-state index contributed by atoms with van der Waals surface area (Å²) in [6.45, 7) is 14.5. The zero-order valence-electron chi connectivity index (χ0n) is 9.80. The van der Waals surface area contributed by atoms with Crippen molar-refractivity contribution in [1.29, 1.82) is 0 Å². The third-order valence-electron chi connectivity index (χ3n) is 2.60. The molecule has 0 aliphatic rings. The minimum absolute atomic E-state index is 0. The first-order valence-corrected chi connectivity index (χ1v) is 5.24. The van der Waals surface area contributed by atoms with Gasteiger partial charge in [-0.25, -0.2) is 11.4 Å². The van der Waals surface area contributed by atoms with E-state index < -0.39 is 0 Å². The predicted molar refractivity (Wildman–Crippen MR) is 67.6 cm³/mol. The van der Waals surface area contributed by atoms with Crippen LogP contribution in [0.2, 0.25) is 0 Å². The van der Waals surface area contributed by atoms with E-state index in [9.17, 15) is 0 Å². The summed E-state index contributed by atoms with van der Waals surface area (Å²) >= 11 is 0. The molecule has 0 aliphatic carbocycles. The summed E-state index contributed by atoms with van der Waals surface area (Å²) in [4.78, 5) is 7.12. The summed E-state index contributed by atoms with van der Waals surface area (Å²) in [6.07, 6.45) is 0. The fourth-order valence-electron chi connectivity index (χ4n) is 1.78. The summed E-state index contributed by atoms with van der Waals surface area (Å²) in [5, 5.41) is 0. The van der Waals surface area contributed by atoms with Crippen molar-refractivity contribution in [2.24, 2.45) is 0 Å². The first kappa shape index (κ1) is 17.8. The van der Waals surface area contributed by atoms with Gasteiger partial charge in [-0.3, -0.25) is 0 Å². The van der Waals surface area contributed by atoms with Gasteiger partial charge in [0.15, 0.2) is 5.69 Å². The summed E-state index contributed by atoms with van der Waals surface area (Å²) in [5.74, 6) is 0. The van der Waals surface area contributed by atoms with E-state index in [1.54, 1.807) is 6.07 Å².